The van der Waals surface area contributed by atoms with Crippen LogP contribution in [0.25, 0.3) is 0 Å². The number of nitro groups is 1. The second-order valence-electron chi connectivity index (χ2n) is 2.44. The van der Waals surface area contributed by atoms with E-state index in [0.29, 0.717) is 0 Å². The number of pyridine rings is 1. The average Bonchev–Trinajstić information content (AvgIpc) is 2.16. The van der Waals surface area contributed by atoms with Crippen LogP contribution in [0.5, 0.6) is 0 Å². The van der Waals surface area contributed by atoms with Gasteiger partial charge >= 0.3 is 5.82 Å². The maximum absolute atomic E-state index is 12.2. The molecule has 0 spiro atoms. The Bertz CT molecular complexity index is 360. The van der Waals surface area contributed by atoms with Crippen LogP contribution in [0.3, 0.4) is 0 Å². The van der Waals surface area contributed by atoms with Crippen molar-refractivity contribution in [3.05, 3.63) is 33.5 Å². The van der Waals surface area contributed by atoms with E-state index < -0.39 is 17.2 Å². The van der Waals surface area contributed by atoms with E-state index in [4.69, 9.17) is 0 Å². The molecule has 4 nitrogen and oxygen atoms in total. The molecule has 0 aliphatic carbocycles. The minimum absolute atomic E-state index is 0.122. The monoisotopic (exact) mass is 266 g/mol. The van der Waals surface area contributed by atoms with Gasteiger partial charge < -0.3 is 10.1 Å². The molecule has 0 amide bonds. The molecular formula is C7H5BrF2N2O2. The SMILES string of the molecule is O=[N+]([O-])c1ncc(C(F)F)cc1CBr. The first-order chi connectivity index (χ1) is 6.56. The van der Waals surface area contributed by atoms with E-state index in [1.165, 1.54) is 0 Å². The van der Waals surface area contributed by atoms with Crippen molar-refractivity contribution >= 4 is 21.7 Å². The quantitative estimate of drug-likeness (QED) is 0.480. The van der Waals surface area contributed by atoms with Gasteiger partial charge in [-0.25, -0.2) is 8.78 Å². The maximum Gasteiger partial charge on any atom is 0.367 e. The van der Waals surface area contributed by atoms with Gasteiger partial charge in [-0.15, -0.1) is 0 Å². The van der Waals surface area contributed by atoms with E-state index in [-0.39, 0.29) is 16.5 Å². The van der Waals surface area contributed by atoms with Crippen LogP contribution in [-0.2, 0) is 5.33 Å². The topological polar surface area (TPSA) is 56.0 Å². The van der Waals surface area contributed by atoms with E-state index >= 15 is 0 Å². The Morgan fingerprint density at radius 2 is 2.29 bits per heavy atom. The minimum atomic E-state index is -2.67. The summed E-state index contributed by atoms with van der Waals surface area (Å²) in [5.74, 6) is -0.397. The first-order valence-corrected chi connectivity index (χ1v) is 4.65. The molecular weight excluding hydrogens is 262 g/mol. The molecule has 0 atom stereocenters. The fraction of sp³-hybridized carbons (Fsp3) is 0.286. The van der Waals surface area contributed by atoms with Crippen LogP contribution < -0.4 is 0 Å². The summed E-state index contributed by atoms with van der Waals surface area (Å²) in [5, 5.41) is 10.5. The van der Waals surface area contributed by atoms with Crippen molar-refractivity contribution in [3.63, 3.8) is 0 Å². The molecule has 7 heteroatoms. The van der Waals surface area contributed by atoms with E-state index in [1.807, 2.05) is 0 Å². The minimum Gasteiger partial charge on any atom is -0.358 e. The van der Waals surface area contributed by atoms with Gasteiger partial charge in [-0.1, -0.05) is 15.9 Å². The van der Waals surface area contributed by atoms with Gasteiger partial charge in [0.05, 0.1) is 11.1 Å². The summed E-state index contributed by atoms with van der Waals surface area (Å²) >= 11 is 2.97. The number of alkyl halides is 3. The van der Waals surface area contributed by atoms with E-state index in [9.17, 15) is 18.9 Å². The fourth-order valence-electron chi connectivity index (χ4n) is 0.904. The molecule has 1 aromatic heterocycles. The Balaban J connectivity index is 3.18. The predicted molar refractivity (Wildman–Crippen MR) is 48.5 cm³/mol. The molecule has 0 aliphatic rings. The summed E-state index contributed by atoms with van der Waals surface area (Å²) in [6.45, 7) is 0. The maximum atomic E-state index is 12.2. The third-order valence-electron chi connectivity index (χ3n) is 1.53. The van der Waals surface area contributed by atoms with Crippen LogP contribution in [0.2, 0.25) is 0 Å². The lowest BCUT2D eigenvalue weighted by Gasteiger charge is -2.01. The second-order valence-corrected chi connectivity index (χ2v) is 3.00. The predicted octanol–water partition coefficient (Wildman–Crippen LogP) is 2.82. The molecule has 0 saturated heterocycles. The summed E-state index contributed by atoms with van der Waals surface area (Å²) in [7, 11) is 0. The van der Waals surface area contributed by atoms with Crippen LogP contribution in [0.4, 0.5) is 14.6 Å². The Hall–Kier alpha value is -1.11. The lowest BCUT2D eigenvalue weighted by atomic mass is 10.2. The van der Waals surface area contributed by atoms with Crippen LogP contribution in [-0.4, -0.2) is 9.91 Å². The van der Waals surface area contributed by atoms with Crippen molar-refractivity contribution in [1.29, 1.82) is 0 Å². The number of nitrogens with zero attached hydrogens (tertiary/aromatic N) is 2. The zero-order valence-corrected chi connectivity index (χ0v) is 8.37. The summed E-state index contributed by atoms with van der Waals surface area (Å²) in [6, 6.07) is 1.07. The molecule has 1 rings (SSSR count). The number of halogens is 3. The highest BCUT2D eigenvalue weighted by molar-refractivity contribution is 9.08. The number of hydrogen-bond acceptors (Lipinski definition) is 3. The molecule has 0 fully saturated rings. The molecule has 0 N–H and O–H groups in total. The second kappa shape index (κ2) is 4.41. The van der Waals surface area contributed by atoms with Gasteiger partial charge in [0.15, 0.2) is 0 Å². The Morgan fingerprint density at radius 1 is 1.64 bits per heavy atom. The highest BCUT2D eigenvalue weighted by Crippen LogP contribution is 2.24. The lowest BCUT2D eigenvalue weighted by Crippen LogP contribution is -1.99. The van der Waals surface area contributed by atoms with Crippen LogP contribution in [0, 0.1) is 10.1 Å². The van der Waals surface area contributed by atoms with Gasteiger partial charge in [0.25, 0.3) is 6.43 Å². The Kier molecular flexibility index (Phi) is 3.45. The zero-order chi connectivity index (χ0) is 10.7. The van der Waals surface area contributed by atoms with Gasteiger partial charge in [0.1, 0.15) is 6.20 Å². The highest BCUT2D eigenvalue weighted by Gasteiger charge is 2.18. The summed E-state index contributed by atoms with van der Waals surface area (Å²) in [4.78, 5) is 13.1. The molecule has 14 heavy (non-hydrogen) atoms. The summed E-state index contributed by atoms with van der Waals surface area (Å²) in [6.07, 6.45) is -1.85. The van der Waals surface area contributed by atoms with Crippen LogP contribution >= 0.6 is 15.9 Å². The smallest absolute Gasteiger partial charge is 0.358 e. The fourth-order valence-corrected chi connectivity index (χ4v) is 1.32. The van der Waals surface area contributed by atoms with Crippen molar-refractivity contribution < 1.29 is 13.7 Å². The van der Waals surface area contributed by atoms with Crippen LogP contribution in [0.15, 0.2) is 12.3 Å². The normalized spacial score (nSPS) is 10.6. The van der Waals surface area contributed by atoms with Gasteiger partial charge in [0.2, 0.25) is 0 Å². The molecule has 1 heterocycles. The highest BCUT2D eigenvalue weighted by atomic mass is 79.9. The van der Waals surface area contributed by atoms with Crippen molar-refractivity contribution in [2.24, 2.45) is 0 Å². The molecule has 0 unspecified atom stereocenters. The third-order valence-corrected chi connectivity index (χ3v) is 2.14. The molecule has 0 saturated carbocycles. The van der Waals surface area contributed by atoms with Crippen molar-refractivity contribution in [3.8, 4) is 0 Å². The molecule has 0 aliphatic heterocycles. The Morgan fingerprint density at radius 3 is 2.71 bits per heavy atom. The van der Waals surface area contributed by atoms with Gasteiger partial charge in [-0.05, 0) is 16.0 Å². The third kappa shape index (κ3) is 2.22. The summed E-state index contributed by atoms with van der Waals surface area (Å²) < 4.78 is 24.4. The standard InChI is InChI=1S/C7H5BrF2N2O2/c8-2-4-1-5(6(9)10)3-11-7(4)12(13)14/h1,3,6H,2H2. The Labute approximate surface area is 86.2 Å². The molecule has 0 radical (unpaired) electrons. The van der Waals surface area contributed by atoms with Gasteiger partial charge in [-0.3, -0.25) is 0 Å². The number of rotatable bonds is 3. The average molecular weight is 267 g/mol. The first-order valence-electron chi connectivity index (χ1n) is 3.53. The van der Waals surface area contributed by atoms with E-state index in [0.717, 1.165) is 12.3 Å². The lowest BCUT2D eigenvalue weighted by molar-refractivity contribution is -0.390. The van der Waals surface area contributed by atoms with Crippen LogP contribution in [0.1, 0.15) is 17.6 Å². The van der Waals surface area contributed by atoms with Crippen molar-refractivity contribution in [1.82, 2.24) is 4.98 Å². The number of hydrogen-bond donors (Lipinski definition) is 0. The van der Waals surface area contributed by atoms with E-state index in [2.05, 4.69) is 20.9 Å². The molecule has 0 aromatic carbocycles. The molecule has 0 bridgehead atoms. The van der Waals surface area contributed by atoms with Gasteiger partial charge in [0, 0.05) is 5.33 Å². The van der Waals surface area contributed by atoms with Gasteiger partial charge in [-0.2, -0.15) is 0 Å². The first kappa shape index (κ1) is 11.0. The summed E-state index contributed by atoms with van der Waals surface area (Å²) in [5.41, 5.74) is -0.169. The molecule has 76 valence electrons. The van der Waals surface area contributed by atoms with E-state index in [1.54, 1.807) is 0 Å². The largest absolute Gasteiger partial charge is 0.367 e. The van der Waals surface area contributed by atoms with Crippen molar-refractivity contribution in [2.75, 3.05) is 0 Å². The molecule has 1 aromatic rings. The number of aromatic nitrogens is 1. The zero-order valence-electron chi connectivity index (χ0n) is 6.78. The van der Waals surface area contributed by atoms with Crippen molar-refractivity contribution in [2.45, 2.75) is 11.8 Å².